The maximum absolute atomic E-state index is 13.4. The SMILES string of the molecule is CCCC(C)n1c(-c2ccccc2Br)csc1=Nc1c(C)n(C)n(-c2ccccc2)c1=O. The molecule has 0 N–H and O–H groups in total. The second kappa shape index (κ2) is 9.46. The zero-order valence-electron chi connectivity index (χ0n) is 18.7. The Labute approximate surface area is 200 Å². The first-order valence-electron chi connectivity index (χ1n) is 10.8. The van der Waals surface area contributed by atoms with Crippen molar-refractivity contribution in [3.8, 4) is 16.9 Å². The zero-order chi connectivity index (χ0) is 22.8. The standard InChI is InChI=1S/C25H27BrN4OS/c1-5-11-17(2)29-22(20-14-9-10-15-21(20)26)16-32-25(29)27-23-18(3)28(4)30(24(23)31)19-12-7-6-8-13-19/h6-10,12-17H,5,11H2,1-4H3. The maximum atomic E-state index is 13.4. The average Bonchev–Trinajstić information content (AvgIpc) is 3.29. The second-order valence-electron chi connectivity index (χ2n) is 7.91. The van der Waals surface area contributed by atoms with Crippen LogP contribution in [0.1, 0.15) is 38.4 Å². The summed E-state index contributed by atoms with van der Waals surface area (Å²) in [7, 11) is 1.90. The molecular formula is C25H27BrN4OS. The molecule has 1 unspecified atom stereocenters. The molecule has 0 aliphatic heterocycles. The summed E-state index contributed by atoms with van der Waals surface area (Å²) in [6, 6.07) is 18.2. The highest BCUT2D eigenvalue weighted by Crippen LogP contribution is 2.31. The average molecular weight is 511 g/mol. The number of halogens is 1. The molecule has 2 aromatic carbocycles. The Morgan fingerprint density at radius 2 is 1.78 bits per heavy atom. The van der Waals surface area contributed by atoms with Crippen molar-refractivity contribution in [2.45, 2.75) is 39.7 Å². The lowest BCUT2D eigenvalue weighted by molar-refractivity contribution is 0.495. The molecule has 2 heterocycles. The number of nitrogens with zero attached hydrogens (tertiary/aromatic N) is 4. The minimum absolute atomic E-state index is 0.110. The quantitative estimate of drug-likeness (QED) is 0.297. The fourth-order valence-corrected chi connectivity index (χ4v) is 5.50. The second-order valence-corrected chi connectivity index (χ2v) is 9.60. The van der Waals surface area contributed by atoms with Crippen molar-refractivity contribution in [3.63, 3.8) is 0 Å². The van der Waals surface area contributed by atoms with E-state index in [0.29, 0.717) is 5.69 Å². The summed E-state index contributed by atoms with van der Waals surface area (Å²) in [5.41, 5.74) is 4.27. The highest BCUT2D eigenvalue weighted by Gasteiger charge is 2.19. The Morgan fingerprint density at radius 3 is 2.47 bits per heavy atom. The first kappa shape index (κ1) is 22.6. The predicted molar refractivity (Wildman–Crippen MR) is 136 cm³/mol. The van der Waals surface area contributed by atoms with Crippen LogP contribution in [0.2, 0.25) is 0 Å². The van der Waals surface area contributed by atoms with Gasteiger partial charge in [0.2, 0.25) is 0 Å². The molecular weight excluding hydrogens is 484 g/mol. The highest BCUT2D eigenvalue weighted by molar-refractivity contribution is 9.10. The van der Waals surface area contributed by atoms with Crippen molar-refractivity contribution < 1.29 is 0 Å². The van der Waals surface area contributed by atoms with Gasteiger partial charge in [-0.1, -0.05) is 65.7 Å². The molecule has 0 radical (unpaired) electrons. The van der Waals surface area contributed by atoms with Gasteiger partial charge in [0.05, 0.1) is 17.1 Å². The number of aromatic nitrogens is 3. The molecule has 2 aromatic heterocycles. The smallest absolute Gasteiger partial charge is 0.297 e. The number of hydrogen-bond donors (Lipinski definition) is 0. The van der Waals surface area contributed by atoms with Crippen molar-refractivity contribution in [1.29, 1.82) is 0 Å². The summed E-state index contributed by atoms with van der Waals surface area (Å²) in [5.74, 6) is 0. The number of hydrogen-bond acceptors (Lipinski definition) is 3. The monoisotopic (exact) mass is 510 g/mol. The summed E-state index contributed by atoms with van der Waals surface area (Å²) in [5, 5.41) is 2.14. The first-order chi connectivity index (χ1) is 15.4. The van der Waals surface area contributed by atoms with E-state index in [-0.39, 0.29) is 11.6 Å². The lowest BCUT2D eigenvalue weighted by Crippen LogP contribution is -2.21. The molecule has 0 aliphatic rings. The van der Waals surface area contributed by atoms with Gasteiger partial charge in [-0.05, 0) is 38.5 Å². The number of para-hydroxylation sites is 1. The van der Waals surface area contributed by atoms with E-state index in [0.717, 1.165) is 44.8 Å². The Morgan fingerprint density at radius 1 is 1.09 bits per heavy atom. The fourth-order valence-electron chi connectivity index (χ4n) is 4.02. The summed E-state index contributed by atoms with van der Waals surface area (Å²) in [6.45, 7) is 6.36. The van der Waals surface area contributed by atoms with Crippen LogP contribution in [0, 0.1) is 6.92 Å². The summed E-state index contributed by atoms with van der Waals surface area (Å²) >= 11 is 5.27. The molecule has 5 nitrogen and oxygen atoms in total. The van der Waals surface area contributed by atoms with Gasteiger partial charge in [-0.25, -0.2) is 9.67 Å². The van der Waals surface area contributed by atoms with Crippen LogP contribution in [-0.4, -0.2) is 13.9 Å². The summed E-state index contributed by atoms with van der Waals surface area (Å²) in [6.07, 6.45) is 2.10. The molecule has 0 amide bonds. The molecule has 0 aliphatic carbocycles. The number of rotatable bonds is 6. The fraction of sp³-hybridized carbons (Fsp3) is 0.280. The van der Waals surface area contributed by atoms with E-state index < -0.39 is 0 Å². The highest BCUT2D eigenvalue weighted by atomic mass is 79.9. The molecule has 0 bridgehead atoms. The first-order valence-corrected chi connectivity index (χ1v) is 12.4. The number of benzene rings is 2. The van der Waals surface area contributed by atoms with E-state index in [9.17, 15) is 4.79 Å². The number of thiazole rings is 1. The van der Waals surface area contributed by atoms with Gasteiger partial charge in [0.25, 0.3) is 5.56 Å². The van der Waals surface area contributed by atoms with Gasteiger partial charge in [-0.2, -0.15) is 0 Å². The molecule has 0 fully saturated rings. The molecule has 32 heavy (non-hydrogen) atoms. The van der Waals surface area contributed by atoms with Crippen molar-refractivity contribution in [2.75, 3.05) is 0 Å². The molecule has 0 saturated carbocycles. The summed E-state index contributed by atoms with van der Waals surface area (Å²) < 4.78 is 6.87. The Kier molecular flexibility index (Phi) is 6.67. The molecule has 0 spiro atoms. The van der Waals surface area contributed by atoms with E-state index in [2.05, 4.69) is 51.9 Å². The lowest BCUT2D eigenvalue weighted by Gasteiger charge is -2.17. The topological polar surface area (TPSA) is 44.2 Å². The van der Waals surface area contributed by atoms with Crippen LogP contribution in [0.15, 0.2) is 74.2 Å². The van der Waals surface area contributed by atoms with Crippen LogP contribution in [0.5, 0.6) is 0 Å². The van der Waals surface area contributed by atoms with Crippen LogP contribution in [0.3, 0.4) is 0 Å². The third-order valence-corrected chi connectivity index (χ3v) is 7.30. The van der Waals surface area contributed by atoms with E-state index >= 15 is 0 Å². The Hall–Kier alpha value is -2.64. The van der Waals surface area contributed by atoms with Crippen molar-refractivity contribution in [1.82, 2.24) is 13.9 Å². The molecule has 166 valence electrons. The van der Waals surface area contributed by atoms with Crippen molar-refractivity contribution in [2.24, 2.45) is 12.0 Å². The van der Waals surface area contributed by atoms with Crippen LogP contribution in [0.25, 0.3) is 16.9 Å². The largest absolute Gasteiger partial charge is 0.314 e. The van der Waals surface area contributed by atoms with Crippen LogP contribution >= 0.6 is 27.3 Å². The molecule has 7 heteroatoms. The van der Waals surface area contributed by atoms with Crippen LogP contribution in [-0.2, 0) is 7.05 Å². The van der Waals surface area contributed by atoms with Gasteiger partial charge in [-0.3, -0.25) is 9.48 Å². The Balaban J connectivity index is 1.95. The van der Waals surface area contributed by atoms with Gasteiger partial charge in [0.1, 0.15) is 0 Å². The van der Waals surface area contributed by atoms with E-state index in [1.807, 2.05) is 61.1 Å². The van der Waals surface area contributed by atoms with Crippen LogP contribution in [0.4, 0.5) is 5.69 Å². The minimum atomic E-state index is -0.110. The summed E-state index contributed by atoms with van der Waals surface area (Å²) in [4.78, 5) is 19.2. The van der Waals surface area contributed by atoms with Gasteiger partial charge in [0.15, 0.2) is 10.5 Å². The third-order valence-electron chi connectivity index (χ3n) is 5.77. The van der Waals surface area contributed by atoms with E-state index in [1.165, 1.54) is 0 Å². The Bertz CT molecular complexity index is 1360. The molecule has 1 atom stereocenters. The van der Waals surface area contributed by atoms with Gasteiger partial charge >= 0.3 is 0 Å². The molecule has 4 rings (SSSR count). The molecule has 4 aromatic rings. The zero-order valence-corrected chi connectivity index (χ0v) is 21.2. The van der Waals surface area contributed by atoms with Crippen LogP contribution < -0.4 is 10.4 Å². The van der Waals surface area contributed by atoms with Gasteiger partial charge < -0.3 is 4.57 Å². The predicted octanol–water partition coefficient (Wildman–Crippen LogP) is 6.37. The lowest BCUT2D eigenvalue weighted by atomic mass is 10.1. The van der Waals surface area contributed by atoms with E-state index in [1.54, 1.807) is 16.0 Å². The third kappa shape index (κ3) is 4.07. The maximum Gasteiger partial charge on any atom is 0.297 e. The van der Waals surface area contributed by atoms with Gasteiger partial charge in [-0.15, -0.1) is 11.3 Å². The van der Waals surface area contributed by atoms with E-state index in [4.69, 9.17) is 4.99 Å². The van der Waals surface area contributed by atoms with Gasteiger partial charge in [0, 0.05) is 28.5 Å². The normalized spacial score (nSPS) is 13.0. The van der Waals surface area contributed by atoms with Crippen molar-refractivity contribution in [3.05, 3.63) is 85.3 Å². The minimum Gasteiger partial charge on any atom is -0.314 e. The molecule has 0 saturated heterocycles. The van der Waals surface area contributed by atoms with Crippen molar-refractivity contribution >= 4 is 33.0 Å².